The smallest absolute Gasteiger partial charge is 0.341 e. The lowest BCUT2D eigenvalue weighted by Gasteiger charge is -2.16. The number of carbonyl (C=O) groups excluding carboxylic acids is 1. The average molecular weight is 256 g/mol. The highest BCUT2D eigenvalue weighted by molar-refractivity contribution is 7.87. The first-order valence-electron chi connectivity index (χ1n) is 5.18. The molecule has 0 aliphatic rings. The van der Waals surface area contributed by atoms with Crippen LogP contribution in [0.3, 0.4) is 0 Å². The minimum absolute atomic E-state index is 0.0132. The van der Waals surface area contributed by atoms with Crippen LogP contribution in [-0.4, -0.2) is 14.4 Å². The molecule has 0 saturated heterocycles. The van der Waals surface area contributed by atoms with Gasteiger partial charge in [-0.2, -0.15) is 8.42 Å². The van der Waals surface area contributed by atoms with Crippen molar-refractivity contribution in [1.82, 2.24) is 0 Å². The van der Waals surface area contributed by atoms with Crippen LogP contribution >= 0.6 is 0 Å². The van der Waals surface area contributed by atoms with E-state index in [4.69, 9.17) is 0 Å². The van der Waals surface area contributed by atoms with Crippen LogP contribution in [0.5, 0.6) is 0 Å². The third-order valence-corrected chi connectivity index (χ3v) is 3.33. The molecule has 0 radical (unpaired) electrons. The number of carbonyl (C=O) groups is 1. The topological polar surface area (TPSA) is 60.4 Å². The molecule has 0 bridgehead atoms. The molecule has 1 aromatic carbocycles. The number of hydrogen-bond acceptors (Lipinski definition) is 4. The fourth-order valence-electron chi connectivity index (χ4n) is 0.978. The highest BCUT2D eigenvalue weighted by atomic mass is 32.2. The lowest BCUT2D eigenvalue weighted by molar-refractivity contribution is -0.142. The Balaban J connectivity index is 2.98. The van der Waals surface area contributed by atoms with E-state index in [0.29, 0.717) is 0 Å². The molecule has 94 valence electrons. The molecular formula is C12H16O4S. The second kappa shape index (κ2) is 4.49. The summed E-state index contributed by atoms with van der Waals surface area (Å²) in [7, 11) is -4.01. The van der Waals surface area contributed by atoms with Gasteiger partial charge in [0, 0.05) is 0 Å². The van der Waals surface area contributed by atoms with Crippen LogP contribution in [0, 0.1) is 12.3 Å². The predicted molar refractivity (Wildman–Crippen MR) is 63.9 cm³/mol. The third-order valence-electron chi connectivity index (χ3n) is 2.11. The minimum Gasteiger partial charge on any atom is -0.342 e. The molecule has 1 rings (SSSR count). The summed E-state index contributed by atoms with van der Waals surface area (Å²) in [6.07, 6.45) is 0. The maximum Gasteiger partial charge on any atom is 0.341 e. The van der Waals surface area contributed by atoms with Gasteiger partial charge in [-0.1, -0.05) is 17.7 Å². The van der Waals surface area contributed by atoms with Gasteiger partial charge >= 0.3 is 16.1 Å². The molecular weight excluding hydrogens is 240 g/mol. The van der Waals surface area contributed by atoms with E-state index in [1.165, 1.54) is 12.1 Å². The summed E-state index contributed by atoms with van der Waals surface area (Å²) in [5.74, 6) is -0.766. The van der Waals surface area contributed by atoms with E-state index in [-0.39, 0.29) is 4.90 Å². The SMILES string of the molecule is Cc1ccc(S(=O)(=O)OC(=O)C(C)(C)C)cc1. The molecule has 0 N–H and O–H groups in total. The average Bonchev–Trinajstić information content (AvgIpc) is 2.16. The van der Waals surface area contributed by atoms with E-state index in [2.05, 4.69) is 4.18 Å². The second-order valence-electron chi connectivity index (χ2n) is 4.89. The van der Waals surface area contributed by atoms with Crippen molar-refractivity contribution < 1.29 is 17.4 Å². The summed E-state index contributed by atoms with van der Waals surface area (Å²) < 4.78 is 28.1. The van der Waals surface area contributed by atoms with Crippen LogP contribution in [0.2, 0.25) is 0 Å². The number of rotatable bonds is 2. The van der Waals surface area contributed by atoms with E-state index in [1.54, 1.807) is 32.9 Å². The lowest BCUT2D eigenvalue weighted by Crippen LogP contribution is -2.26. The van der Waals surface area contributed by atoms with Gasteiger partial charge in [0.15, 0.2) is 0 Å². The van der Waals surface area contributed by atoms with E-state index in [9.17, 15) is 13.2 Å². The Morgan fingerprint density at radius 2 is 1.59 bits per heavy atom. The minimum atomic E-state index is -4.01. The van der Waals surface area contributed by atoms with Gasteiger partial charge in [0.2, 0.25) is 0 Å². The Hall–Kier alpha value is -1.36. The zero-order valence-corrected chi connectivity index (χ0v) is 11.2. The fraction of sp³-hybridized carbons (Fsp3) is 0.417. The first-order chi connectivity index (χ1) is 7.63. The van der Waals surface area contributed by atoms with E-state index in [1.807, 2.05) is 6.92 Å². The Kier molecular flexibility index (Phi) is 3.62. The number of benzene rings is 1. The monoisotopic (exact) mass is 256 g/mol. The summed E-state index contributed by atoms with van der Waals surface area (Å²) in [6, 6.07) is 6.14. The first kappa shape index (κ1) is 13.7. The molecule has 0 heterocycles. The Labute approximate surface area is 102 Å². The molecule has 0 atom stereocenters. The molecule has 0 amide bonds. The molecule has 17 heavy (non-hydrogen) atoms. The van der Waals surface area contributed by atoms with Crippen molar-refractivity contribution in [3.8, 4) is 0 Å². The molecule has 5 heteroatoms. The number of aryl methyl sites for hydroxylation is 1. The van der Waals surface area contributed by atoms with E-state index in [0.717, 1.165) is 5.56 Å². The first-order valence-corrected chi connectivity index (χ1v) is 6.59. The highest BCUT2D eigenvalue weighted by Crippen LogP contribution is 2.20. The van der Waals surface area contributed by atoms with Crippen molar-refractivity contribution >= 4 is 16.1 Å². The lowest BCUT2D eigenvalue weighted by atomic mass is 9.98. The third kappa shape index (κ3) is 3.56. The normalized spacial score (nSPS) is 12.2. The van der Waals surface area contributed by atoms with Crippen LogP contribution in [0.15, 0.2) is 29.2 Å². The summed E-state index contributed by atoms with van der Waals surface area (Å²) in [5, 5.41) is 0. The molecule has 0 unspecified atom stereocenters. The summed E-state index contributed by atoms with van der Waals surface area (Å²) in [4.78, 5) is 11.5. The number of hydrogen-bond donors (Lipinski definition) is 0. The quantitative estimate of drug-likeness (QED) is 0.762. The second-order valence-corrected chi connectivity index (χ2v) is 6.43. The van der Waals surface area contributed by atoms with E-state index < -0.39 is 21.5 Å². The molecule has 0 spiro atoms. The van der Waals surface area contributed by atoms with Crippen molar-refractivity contribution in [2.45, 2.75) is 32.6 Å². The van der Waals surface area contributed by atoms with Crippen LogP contribution in [-0.2, 0) is 19.1 Å². The standard InChI is InChI=1S/C12H16O4S/c1-9-5-7-10(8-6-9)17(14,15)16-11(13)12(2,3)4/h5-8H,1-4H3. The van der Waals surface area contributed by atoms with Crippen molar-refractivity contribution in [2.75, 3.05) is 0 Å². The van der Waals surface area contributed by atoms with Gasteiger partial charge in [0.1, 0.15) is 4.90 Å². The van der Waals surface area contributed by atoms with Gasteiger partial charge in [0.25, 0.3) is 0 Å². The van der Waals surface area contributed by atoms with Crippen molar-refractivity contribution in [3.05, 3.63) is 29.8 Å². The maximum absolute atomic E-state index is 11.8. The van der Waals surface area contributed by atoms with Gasteiger partial charge in [-0.15, -0.1) is 0 Å². The van der Waals surface area contributed by atoms with E-state index >= 15 is 0 Å². The molecule has 1 aromatic rings. The van der Waals surface area contributed by atoms with Crippen LogP contribution < -0.4 is 0 Å². The molecule has 0 saturated carbocycles. The van der Waals surface area contributed by atoms with Crippen LogP contribution in [0.4, 0.5) is 0 Å². The summed E-state index contributed by atoms with van der Waals surface area (Å²) in [6.45, 7) is 6.64. The molecule has 0 aliphatic carbocycles. The summed E-state index contributed by atoms with van der Waals surface area (Å²) in [5.41, 5.74) is 0.0868. The van der Waals surface area contributed by atoms with Crippen LogP contribution in [0.25, 0.3) is 0 Å². The fourth-order valence-corrected chi connectivity index (χ4v) is 1.99. The zero-order chi connectivity index (χ0) is 13.3. The molecule has 0 fully saturated rings. The summed E-state index contributed by atoms with van der Waals surface area (Å²) >= 11 is 0. The van der Waals surface area contributed by atoms with Gasteiger partial charge in [-0.3, -0.25) is 4.79 Å². The van der Waals surface area contributed by atoms with Crippen molar-refractivity contribution in [3.63, 3.8) is 0 Å². The predicted octanol–water partition coefficient (Wildman–Crippen LogP) is 2.27. The Bertz CT molecular complexity index is 506. The van der Waals surface area contributed by atoms with Gasteiger partial charge in [-0.25, -0.2) is 0 Å². The maximum atomic E-state index is 11.8. The Morgan fingerprint density at radius 3 is 2.00 bits per heavy atom. The molecule has 0 aliphatic heterocycles. The molecule has 0 aromatic heterocycles. The van der Waals surface area contributed by atoms with Gasteiger partial charge in [0.05, 0.1) is 5.41 Å². The molecule has 4 nitrogen and oxygen atoms in total. The largest absolute Gasteiger partial charge is 0.342 e. The van der Waals surface area contributed by atoms with Crippen LogP contribution in [0.1, 0.15) is 26.3 Å². The Morgan fingerprint density at radius 1 is 1.12 bits per heavy atom. The highest BCUT2D eigenvalue weighted by Gasteiger charge is 2.29. The van der Waals surface area contributed by atoms with Crippen molar-refractivity contribution in [1.29, 1.82) is 0 Å². The van der Waals surface area contributed by atoms with Gasteiger partial charge < -0.3 is 4.18 Å². The van der Waals surface area contributed by atoms with Gasteiger partial charge in [-0.05, 0) is 39.8 Å². The zero-order valence-electron chi connectivity index (χ0n) is 10.4. The van der Waals surface area contributed by atoms with Crippen molar-refractivity contribution in [2.24, 2.45) is 5.41 Å².